The standard InChI is InChI=1S/C16H14N2O2/c1-12-6-2-5-9-16(12)20-13-10-17-18(11-13)14-7-3-4-8-15(14)19/h2-11,19H,1H3. The van der Waals surface area contributed by atoms with Crippen LogP contribution in [-0.2, 0) is 0 Å². The third-order valence-electron chi connectivity index (χ3n) is 3.01. The molecule has 100 valence electrons. The van der Waals surface area contributed by atoms with Crippen molar-refractivity contribution in [3.05, 3.63) is 66.5 Å². The van der Waals surface area contributed by atoms with Gasteiger partial charge >= 0.3 is 0 Å². The van der Waals surface area contributed by atoms with Gasteiger partial charge in [-0.3, -0.25) is 0 Å². The Hall–Kier alpha value is -2.75. The zero-order chi connectivity index (χ0) is 13.9. The van der Waals surface area contributed by atoms with Gasteiger partial charge in [0.2, 0.25) is 0 Å². The van der Waals surface area contributed by atoms with E-state index in [-0.39, 0.29) is 5.75 Å². The molecule has 0 saturated carbocycles. The van der Waals surface area contributed by atoms with Crippen LogP contribution in [0.4, 0.5) is 0 Å². The number of hydrogen-bond donors (Lipinski definition) is 1. The summed E-state index contributed by atoms with van der Waals surface area (Å²) in [5.41, 5.74) is 1.68. The molecule has 1 heterocycles. The Morgan fingerprint density at radius 2 is 1.80 bits per heavy atom. The summed E-state index contributed by atoms with van der Waals surface area (Å²) in [4.78, 5) is 0. The first kappa shape index (κ1) is 12.3. The van der Waals surface area contributed by atoms with E-state index in [0.29, 0.717) is 11.4 Å². The van der Waals surface area contributed by atoms with Crippen LogP contribution in [0.15, 0.2) is 60.9 Å². The first-order valence-electron chi connectivity index (χ1n) is 6.30. The molecule has 0 amide bonds. The number of aromatic nitrogens is 2. The fourth-order valence-electron chi connectivity index (χ4n) is 1.95. The van der Waals surface area contributed by atoms with Crippen molar-refractivity contribution in [2.45, 2.75) is 6.92 Å². The smallest absolute Gasteiger partial charge is 0.165 e. The lowest BCUT2D eigenvalue weighted by atomic mass is 10.2. The molecule has 1 aromatic heterocycles. The van der Waals surface area contributed by atoms with E-state index in [1.54, 1.807) is 35.3 Å². The molecule has 0 unspecified atom stereocenters. The molecule has 3 aromatic rings. The summed E-state index contributed by atoms with van der Waals surface area (Å²) in [6.07, 6.45) is 3.36. The molecule has 0 aliphatic rings. The number of aryl methyl sites for hydroxylation is 1. The third-order valence-corrected chi connectivity index (χ3v) is 3.01. The van der Waals surface area contributed by atoms with Crippen molar-refractivity contribution in [3.8, 4) is 22.9 Å². The summed E-state index contributed by atoms with van der Waals surface area (Å²) in [5, 5.41) is 14.0. The number of nitrogens with zero attached hydrogens (tertiary/aromatic N) is 2. The number of para-hydroxylation sites is 3. The van der Waals surface area contributed by atoms with Crippen LogP contribution in [0.2, 0.25) is 0 Å². The van der Waals surface area contributed by atoms with Gasteiger partial charge in [-0.05, 0) is 30.7 Å². The van der Waals surface area contributed by atoms with Crippen LogP contribution in [0.25, 0.3) is 5.69 Å². The van der Waals surface area contributed by atoms with E-state index in [9.17, 15) is 5.11 Å². The minimum Gasteiger partial charge on any atom is -0.506 e. The highest BCUT2D eigenvalue weighted by Gasteiger charge is 2.07. The molecule has 4 nitrogen and oxygen atoms in total. The Bertz CT molecular complexity index is 735. The molecule has 0 fully saturated rings. The van der Waals surface area contributed by atoms with Crippen LogP contribution in [0, 0.1) is 6.92 Å². The van der Waals surface area contributed by atoms with Crippen molar-refractivity contribution < 1.29 is 9.84 Å². The summed E-state index contributed by atoms with van der Waals surface area (Å²) in [6.45, 7) is 1.99. The fraction of sp³-hybridized carbons (Fsp3) is 0.0625. The SMILES string of the molecule is Cc1ccccc1Oc1cnn(-c2ccccc2O)c1. The van der Waals surface area contributed by atoms with Gasteiger partial charge in [-0.15, -0.1) is 0 Å². The van der Waals surface area contributed by atoms with Crippen molar-refractivity contribution in [2.24, 2.45) is 0 Å². The molecule has 3 rings (SSSR count). The molecule has 0 atom stereocenters. The quantitative estimate of drug-likeness (QED) is 0.786. The lowest BCUT2D eigenvalue weighted by Crippen LogP contribution is -1.93. The zero-order valence-corrected chi connectivity index (χ0v) is 11.0. The van der Waals surface area contributed by atoms with Gasteiger partial charge in [0.1, 0.15) is 17.2 Å². The van der Waals surface area contributed by atoms with E-state index >= 15 is 0 Å². The Morgan fingerprint density at radius 1 is 1.05 bits per heavy atom. The highest BCUT2D eigenvalue weighted by molar-refractivity contribution is 5.45. The maximum atomic E-state index is 9.81. The normalized spacial score (nSPS) is 10.4. The highest BCUT2D eigenvalue weighted by Crippen LogP contribution is 2.26. The number of phenolic OH excluding ortho intramolecular Hbond substituents is 1. The van der Waals surface area contributed by atoms with Gasteiger partial charge in [0.15, 0.2) is 5.75 Å². The second-order valence-electron chi connectivity index (χ2n) is 4.48. The van der Waals surface area contributed by atoms with Crippen molar-refractivity contribution >= 4 is 0 Å². The average molecular weight is 266 g/mol. The monoisotopic (exact) mass is 266 g/mol. The number of ether oxygens (including phenoxy) is 1. The minimum atomic E-state index is 0.179. The largest absolute Gasteiger partial charge is 0.506 e. The van der Waals surface area contributed by atoms with Gasteiger partial charge in [0, 0.05) is 0 Å². The van der Waals surface area contributed by atoms with E-state index in [4.69, 9.17) is 4.74 Å². The fourth-order valence-corrected chi connectivity index (χ4v) is 1.95. The Labute approximate surface area is 116 Å². The van der Waals surface area contributed by atoms with E-state index in [1.165, 1.54) is 0 Å². The van der Waals surface area contributed by atoms with Crippen molar-refractivity contribution in [1.82, 2.24) is 9.78 Å². The molecule has 20 heavy (non-hydrogen) atoms. The predicted octanol–water partition coefficient (Wildman–Crippen LogP) is 3.68. The first-order valence-corrected chi connectivity index (χ1v) is 6.30. The van der Waals surface area contributed by atoms with Crippen LogP contribution in [0.5, 0.6) is 17.2 Å². The van der Waals surface area contributed by atoms with Gasteiger partial charge in [0.05, 0.1) is 12.4 Å². The molecule has 0 radical (unpaired) electrons. The number of benzene rings is 2. The number of aromatic hydroxyl groups is 1. The highest BCUT2D eigenvalue weighted by atomic mass is 16.5. The molecule has 0 bridgehead atoms. The molecular formula is C16H14N2O2. The number of hydrogen-bond acceptors (Lipinski definition) is 3. The van der Waals surface area contributed by atoms with E-state index < -0.39 is 0 Å². The van der Waals surface area contributed by atoms with Crippen LogP contribution in [-0.4, -0.2) is 14.9 Å². The van der Waals surface area contributed by atoms with Gasteiger partial charge in [-0.1, -0.05) is 30.3 Å². The lowest BCUT2D eigenvalue weighted by Gasteiger charge is -2.05. The van der Waals surface area contributed by atoms with Crippen molar-refractivity contribution in [1.29, 1.82) is 0 Å². The maximum absolute atomic E-state index is 9.81. The van der Waals surface area contributed by atoms with Gasteiger partial charge in [-0.2, -0.15) is 5.10 Å². The number of rotatable bonds is 3. The second-order valence-corrected chi connectivity index (χ2v) is 4.48. The molecule has 4 heteroatoms. The molecular weight excluding hydrogens is 252 g/mol. The van der Waals surface area contributed by atoms with Crippen LogP contribution >= 0.6 is 0 Å². The van der Waals surface area contributed by atoms with Crippen molar-refractivity contribution in [3.63, 3.8) is 0 Å². The molecule has 0 aliphatic carbocycles. The van der Waals surface area contributed by atoms with Gasteiger partial charge in [0.25, 0.3) is 0 Å². The summed E-state index contributed by atoms with van der Waals surface area (Å²) < 4.78 is 7.37. The summed E-state index contributed by atoms with van der Waals surface area (Å²) >= 11 is 0. The third kappa shape index (κ3) is 2.36. The van der Waals surface area contributed by atoms with Crippen LogP contribution in [0.1, 0.15) is 5.56 Å². The maximum Gasteiger partial charge on any atom is 0.165 e. The Balaban J connectivity index is 1.88. The zero-order valence-electron chi connectivity index (χ0n) is 11.0. The Kier molecular flexibility index (Phi) is 3.13. The van der Waals surface area contributed by atoms with Crippen molar-refractivity contribution in [2.75, 3.05) is 0 Å². The summed E-state index contributed by atoms with van der Waals surface area (Å²) in [7, 11) is 0. The van der Waals surface area contributed by atoms with Gasteiger partial charge < -0.3 is 9.84 Å². The lowest BCUT2D eigenvalue weighted by molar-refractivity contribution is 0.469. The summed E-state index contributed by atoms with van der Waals surface area (Å²) in [6, 6.07) is 14.8. The van der Waals surface area contributed by atoms with Crippen LogP contribution < -0.4 is 4.74 Å². The predicted molar refractivity (Wildman–Crippen MR) is 76.5 cm³/mol. The molecule has 2 aromatic carbocycles. The number of phenols is 1. The molecule has 0 spiro atoms. The summed E-state index contributed by atoms with van der Waals surface area (Å²) in [5.74, 6) is 1.60. The minimum absolute atomic E-state index is 0.179. The molecule has 0 aliphatic heterocycles. The molecule has 1 N–H and O–H groups in total. The van der Waals surface area contributed by atoms with E-state index in [2.05, 4.69) is 5.10 Å². The second kappa shape index (κ2) is 5.09. The van der Waals surface area contributed by atoms with E-state index in [0.717, 1.165) is 11.3 Å². The topological polar surface area (TPSA) is 47.3 Å². The van der Waals surface area contributed by atoms with E-state index in [1.807, 2.05) is 37.3 Å². The van der Waals surface area contributed by atoms with Crippen LogP contribution in [0.3, 0.4) is 0 Å². The Morgan fingerprint density at radius 3 is 2.60 bits per heavy atom. The molecule has 0 saturated heterocycles. The van der Waals surface area contributed by atoms with Gasteiger partial charge in [-0.25, -0.2) is 4.68 Å². The average Bonchev–Trinajstić information content (AvgIpc) is 2.90. The first-order chi connectivity index (χ1) is 9.74.